The van der Waals surface area contributed by atoms with E-state index >= 15 is 0 Å². The van der Waals surface area contributed by atoms with Crippen LogP contribution in [0, 0.1) is 0 Å². The molecule has 4 amide bonds. The Bertz CT molecular complexity index is 974. The van der Waals surface area contributed by atoms with E-state index < -0.39 is 12.0 Å². The summed E-state index contributed by atoms with van der Waals surface area (Å²) in [5.74, 6) is -2.28. The first-order valence-electron chi connectivity index (χ1n) is 21.5. The lowest BCUT2D eigenvalue weighted by Crippen LogP contribution is -2.41. The second kappa shape index (κ2) is 41.8. The highest BCUT2D eigenvalue weighted by Crippen LogP contribution is 2.14. The van der Waals surface area contributed by atoms with E-state index in [1.807, 2.05) is 0 Å². The number of carbonyl (C=O) groups is 5. The second-order valence-electron chi connectivity index (χ2n) is 14.2. The molecule has 0 bridgehead atoms. The normalized spacial score (nSPS) is 11.6. The Morgan fingerprint density at radius 2 is 0.893 bits per heavy atom. The van der Waals surface area contributed by atoms with Crippen LogP contribution in [0.2, 0.25) is 0 Å². The molecule has 56 heavy (non-hydrogen) atoms. The fraction of sp³-hybridized carbons (Fsp3) is 0.878. The number of carboxylic acid groups (broad SMARTS) is 1. The molecule has 328 valence electrons. The summed E-state index contributed by atoms with van der Waals surface area (Å²) in [5.41, 5.74) is 0. The molecule has 0 aromatic carbocycles. The Morgan fingerprint density at radius 3 is 1.39 bits per heavy atom. The van der Waals surface area contributed by atoms with Crippen LogP contribution in [0.3, 0.4) is 0 Å². The molecule has 0 aliphatic carbocycles. The summed E-state index contributed by atoms with van der Waals surface area (Å²) in [4.78, 5) is 59.7. The zero-order chi connectivity index (χ0) is 41.2. The Kier molecular flexibility index (Phi) is 39.6. The van der Waals surface area contributed by atoms with Gasteiger partial charge in [0.1, 0.15) is 19.3 Å². The number of unbranched alkanes of at least 4 members (excludes halogenated alkanes) is 17. The molecule has 0 saturated heterocycles. The summed E-state index contributed by atoms with van der Waals surface area (Å²) >= 11 is 0. The van der Waals surface area contributed by atoms with Gasteiger partial charge in [-0.3, -0.25) is 19.2 Å². The van der Waals surface area contributed by atoms with Crippen LogP contribution >= 0.6 is 0 Å². The summed E-state index contributed by atoms with van der Waals surface area (Å²) in [5, 5.41) is 28.9. The topological polar surface area (TPSA) is 211 Å². The average molecular weight is 803 g/mol. The van der Waals surface area contributed by atoms with Crippen LogP contribution < -0.4 is 21.3 Å². The number of nitrogens with one attached hydrogen (secondary N) is 4. The molecule has 15 heteroatoms. The van der Waals surface area contributed by atoms with E-state index in [2.05, 4.69) is 28.2 Å². The number of carboxylic acids is 1. The minimum Gasteiger partial charge on any atom is -0.480 e. The summed E-state index contributed by atoms with van der Waals surface area (Å²) in [6, 6.07) is -1.11. The maximum Gasteiger partial charge on any atom is 0.326 e. The van der Waals surface area contributed by atoms with Crippen LogP contribution in [-0.4, -0.2) is 125 Å². The van der Waals surface area contributed by atoms with Crippen molar-refractivity contribution in [2.45, 2.75) is 154 Å². The molecule has 1 unspecified atom stereocenters. The number of amides is 4. The van der Waals surface area contributed by atoms with E-state index in [0.29, 0.717) is 19.7 Å². The van der Waals surface area contributed by atoms with Gasteiger partial charge in [0.2, 0.25) is 23.6 Å². The van der Waals surface area contributed by atoms with Gasteiger partial charge in [-0.05, 0) is 25.7 Å². The third kappa shape index (κ3) is 39.4. The van der Waals surface area contributed by atoms with Gasteiger partial charge in [0.15, 0.2) is 0 Å². The van der Waals surface area contributed by atoms with Gasteiger partial charge in [-0.15, -0.1) is 0 Å². The molecular formula is C41H78N4O11. The van der Waals surface area contributed by atoms with Crippen molar-refractivity contribution >= 4 is 29.6 Å². The first-order chi connectivity index (χ1) is 27.3. The van der Waals surface area contributed by atoms with E-state index in [4.69, 9.17) is 24.1 Å². The van der Waals surface area contributed by atoms with E-state index in [0.717, 1.165) is 44.9 Å². The molecule has 0 heterocycles. The standard InChI is InChI=1S/C41H78N4O11/c1-2-3-4-5-6-7-8-9-10-11-12-13-14-15-18-21-38(48)45-36(41(51)52)22-23-37(47)43-25-28-53-30-33-56-35-40(50)44-26-29-54-31-32-55-34-39(49)42-24-19-16-17-20-27-46/h36,46H,2-35H2,1H3,(H,42,49)(H,43,47)(H,44,50)(H,45,48)(H,51,52). The third-order valence-electron chi connectivity index (χ3n) is 9.06. The fourth-order valence-electron chi connectivity index (χ4n) is 5.76. The molecule has 0 spiro atoms. The number of aliphatic hydroxyl groups is 1. The second-order valence-corrected chi connectivity index (χ2v) is 14.2. The van der Waals surface area contributed by atoms with Gasteiger partial charge in [0, 0.05) is 39.1 Å². The van der Waals surface area contributed by atoms with Gasteiger partial charge in [-0.2, -0.15) is 0 Å². The van der Waals surface area contributed by atoms with E-state index in [9.17, 15) is 29.1 Å². The summed E-state index contributed by atoms with van der Waals surface area (Å²) in [6.07, 6.45) is 22.3. The molecule has 0 aromatic rings. The first-order valence-corrected chi connectivity index (χ1v) is 21.5. The van der Waals surface area contributed by atoms with Crippen molar-refractivity contribution in [3.05, 3.63) is 0 Å². The van der Waals surface area contributed by atoms with E-state index in [-0.39, 0.29) is 102 Å². The van der Waals surface area contributed by atoms with Crippen LogP contribution in [0.1, 0.15) is 148 Å². The first kappa shape index (κ1) is 53.1. The van der Waals surface area contributed by atoms with Gasteiger partial charge in [0.05, 0.1) is 39.6 Å². The molecule has 1 atom stereocenters. The third-order valence-corrected chi connectivity index (χ3v) is 9.06. The quantitative estimate of drug-likeness (QED) is 0.0471. The van der Waals surface area contributed by atoms with Crippen LogP contribution in [0.25, 0.3) is 0 Å². The van der Waals surface area contributed by atoms with Crippen molar-refractivity contribution < 1.29 is 53.1 Å². The minimum absolute atomic E-state index is 0.00223. The average Bonchev–Trinajstić information content (AvgIpc) is 3.18. The molecule has 0 aromatic heterocycles. The zero-order valence-electron chi connectivity index (χ0n) is 34.7. The maximum atomic E-state index is 12.3. The lowest BCUT2D eigenvalue weighted by Gasteiger charge is -2.14. The number of hydrogen-bond donors (Lipinski definition) is 6. The highest BCUT2D eigenvalue weighted by molar-refractivity contribution is 5.84. The molecule has 0 radical (unpaired) electrons. The number of aliphatic carboxylic acids is 1. The van der Waals surface area contributed by atoms with Gasteiger partial charge in [-0.25, -0.2) is 4.79 Å². The van der Waals surface area contributed by atoms with Crippen LogP contribution in [0.5, 0.6) is 0 Å². The molecular weight excluding hydrogens is 724 g/mol. The predicted octanol–water partition coefficient (Wildman–Crippen LogP) is 4.57. The summed E-state index contributed by atoms with van der Waals surface area (Å²) in [7, 11) is 0. The van der Waals surface area contributed by atoms with Gasteiger partial charge < -0.3 is 50.4 Å². The lowest BCUT2D eigenvalue weighted by molar-refractivity contribution is -0.142. The monoisotopic (exact) mass is 803 g/mol. The van der Waals surface area contributed by atoms with Crippen LogP contribution in [0.4, 0.5) is 0 Å². The zero-order valence-corrected chi connectivity index (χ0v) is 34.7. The van der Waals surface area contributed by atoms with Crippen molar-refractivity contribution in [1.29, 1.82) is 0 Å². The Labute approximate surface area is 336 Å². The number of rotatable bonds is 43. The molecule has 0 rings (SSSR count). The highest BCUT2D eigenvalue weighted by atomic mass is 16.5. The van der Waals surface area contributed by atoms with Crippen molar-refractivity contribution in [3.8, 4) is 0 Å². The molecule has 0 aliphatic rings. The number of ether oxygens (including phenoxy) is 4. The Balaban J connectivity index is 3.64. The highest BCUT2D eigenvalue weighted by Gasteiger charge is 2.20. The van der Waals surface area contributed by atoms with Crippen LogP contribution in [0.15, 0.2) is 0 Å². The SMILES string of the molecule is CCCCCCCCCCCCCCCCCC(=O)NC(CCC(=O)NCCOCCOCC(=O)NCCOCCOCC(=O)NCCCCCCO)C(=O)O. The van der Waals surface area contributed by atoms with Crippen LogP contribution in [-0.2, 0) is 42.9 Å². The van der Waals surface area contributed by atoms with Crippen molar-refractivity contribution in [1.82, 2.24) is 21.3 Å². The largest absolute Gasteiger partial charge is 0.480 e. The van der Waals surface area contributed by atoms with E-state index in [1.54, 1.807) is 0 Å². The van der Waals surface area contributed by atoms with E-state index in [1.165, 1.54) is 77.0 Å². The molecule has 0 fully saturated rings. The smallest absolute Gasteiger partial charge is 0.326 e. The summed E-state index contributed by atoms with van der Waals surface area (Å²) < 4.78 is 21.3. The molecule has 15 nitrogen and oxygen atoms in total. The number of hydrogen-bond acceptors (Lipinski definition) is 10. The van der Waals surface area contributed by atoms with Gasteiger partial charge in [-0.1, -0.05) is 110 Å². The molecule has 0 aliphatic heterocycles. The van der Waals surface area contributed by atoms with Crippen molar-refractivity contribution in [2.75, 3.05) is 79.1 Å². The maximum absolute atomic E-state index is 12.3. The molecule has 6 N–H and O–H groups in total. The minimum atomic E-state index is -1.16. The lowest BCUT2D eigenvalue weighted by atomic mass is 10.0. The van der Waals surface area contributed by atoms with Crippen molar-refractivity contribution in [3.63, 3.8) is 0 Å². The Morgan fingerprint density at radius 1 is 0.464 bits per heavy atom. The fourth-order valence-corrected chi connectivity index (χ4v) is 5.76. The van der Waals surface area contributed by atoms with Crippen molar-refractivity contribution in [2.24, 2.45) is 0 Å². The number of aliphatic hydroxyl groups excluding tert-OH is 1. The van der Waals surface area contributed by atoms with Gasteiger partial charge in [0.25, 0.3) is 0 Å². The molecule has 0 saturated carbocycles. The predicted molar refractivity (Wildman–Crippen MR) is 216 cm³/mol. The summed E-state index contributed by atoms with van der Waals surface area (Å²) in [6.45, 7) is 4.85. The van der Waals surface area contributed by atoms with Gasteiger partial charge >= 0.3 is 5.97 Å². The number of carbonyl (C=O) groups excluding carboxylic acids is 4. The Hall–Kier alpha value is -2.85.